The highest BCUT2D eigenvalue weighted by Gasteiger charge is 2.17. The first kappa shape index (κ1) is 26.5. The lowest BCUT2D eigenvalue weighted by atomic mass is 10.1. The fraction of sp³-hybridized carbons (Fsp3) is 0.120. The Kier molecular flexibility index (Phi) is 8.88. The quantitative estimate of drug-likeness (QED) is 0.150. The molecule has 36 heavy (non-hydrogen) atoms. The number of nitrogens with zero attached hydrogens (tertiary/aromatic N) is 1. The van der Waals surface area contributed by atoms with Crippen LogP contribution in [-0.2, 0) is 9.59 Å². The first-order chi connectivity index (χ1) is 17.2. The van der Waals surface area contributed by atoms with Gasteiger partial charge in [0.15, 0.2) is 11.5 Å². The van der Waals surface area contributed by atoms with E-state index in [-0.39, 0.29) is 22.7 Å². The Morgan fingerprint density at radius 3 is 2.17 bits per heavy atom. The molecule has 0 heterocycles. The summed E-state index contributed by atoms with van der Waals surface area (Å²) in [6.45, 7) is 1.62. The van der Waals surface area contributed by atoms with E-state index in [1.807, 2.05) is 0 Å². The van der Waals surface area contributed by atoms with Gasteiger partial charge in [0.25, 0.3) is 0 Å². The monoisotopic (exact) mass is 529 g/mol. The molecule has 0 fully saturated rings. The highest BCUT2D eigenvalue weighted by molar-refractivity contribution is 6.40. The van der Waals surface area contributed by atoms with E-state index in [1.165, 1.54) is 32.4 Å². The summed E-state index contributed by atoms with van der Waals surface area (Å²) >= 11 is 11.9. The van der Waals surface area contributed by atoms with Gasteiger partial charge in [-0.05, 0) is 61.5 Å². The molecule has 3 aromatic carbocycles. The number of hydrogen-bond donors (Lipinski definition) is 2. The Hall–Kier alpha value is -4.08. The van der Waals surface area contributed by atoms with Crippen LogP contribution in [0.5, 0.6) is 17.2 Å². The highest BCUT2D eigenvalue weighted by atomic mass is 35.5. The second-order valence-corrected chi connectivity index (χ2v) is 8.08. The summed E-state index contributed by atoms with van der Waals surface area (Å²) in [5.41, 5.74) is 3.61. The molecule has 0 saturated carbocycles. The van der Waals surface area contributed by atoms with Gasteiger partial charge in [0, 0.05) is 15.6 Å². The number of carbonyl (C=O) groups excluding carboxylic acids is 3. The average Bonchev–Trinajstić information content (AvgIpc) is 2.87. The maximum atomic E-state index is 12.4. The number of anilines is 1. The van der Waals surface area contributed by atoms with Gasteiger partial charge in [0.1, 0.15) is 5.75 Å². The molecule has 0 saturated heterocycles. The summed E-state index contributed by atoms with van der Waals surface area (Å²) in [6, 6.07) is 15.7. The Balaban J connectivity index is 1.68. The van der Waals surface area contributed by atoms with Crippen molar-refractivity contribution in [3.05, 3.63) is 81.8 Å². The normalized spacial score (nSPS) is 10.9. The molecule has 3 aromatic rings. The van der Waals surface area contributed by atoms with Crippen LogP contribution in [0, 0.1) is 0 Å². The molecular weight excluding hydrogens is 509 g/mol. The van der Waals surface area contributed by atoms with Crippen molar-refractivity contribution in [2.75, 3.05) is 19.5 Å². The molecule has 0 spiro atoms. The van der Waals surface area contributed by atoms with Gasteiger partial charge >= 0.3 is 17.8 Å². The Labute approximate surface area is 216 Å². The first-order valence-electron chi connectivity index (χ1n) is 10.4. The number of esters is 1. The molecule has 3 rings (SSSR count). The number of nitrogens with one attached hydrogen (secondary N) is 2. The van der Waals surface area contributed by atoms with E-state index >= 15 is 0 Å². The Bertz CT molecular complexity index is 1340. The summed E-state index contributed by atoms with van der Waals surface area (Å²) in [5.74, 6) is -1.80. The van der Waals surface area contributed by atoms with Crippen molar-refractivity contribution in [2.24, 2.45) is 5.10 Å². The van der Waals surface area contributed by atoms with E-state index in [0.717, 1.165) is 0 Å². The predicted molar refractivity (Wildman–Crippen MR) is 136 cm³/mol. The molecular formula is C25H21Cl2N3O6. The van der Waals surface area contributed by atoms with Crippen molar-refractivity contribution < 1.29 is 28.6 Å². The minimum atomic E-state index is -1.00. The van der Waals surface area contributed by atoms with Crippen molar-refractivity contribution in [3.8, 4) is 17.2 Å². The number of hydrogen-bond acceptors (Lipinski definition) is 7. The van der Waals surface area contributed by atoms with Crippen molar-refractivity contribution in [3.63, 3.8) is 0 Å². The van der Waals surface area contributed by atoms with E-state index in [1.54, 1.807) is 49.4 Å². The van der Waals surface area contributed by atoms with Crippen LogP contribution in [0.25, 0.3) is 0 Å². The molecule has 0 aliphatic rings. The third kappa shape index (κ3) is 6.74. The van der Waals surface area contributed by atoms with Gasteiger partial charge in [-0.15, -0.1) is 0 Å². The lowest BCUT2D eigenvalue weighted by Gasteiger charge is -2.11. The zero-order valence-corrected chi connectivity index (χ0v) is 20.9. The molecule has 11 heteroatoms. The van der Waals surface area contributed by atoms with Gasteiger partial charge in [-0.2, -0.15) is 5.10 Å². The van der Waals surface area contributed by atoms with Crippen LogP contribution >= 0.6 is 23.2 Å². The predicted octanol–water partition coefficient (Wildman–Crippen LogP) is 4.71. The smallest absolute Gasteiger partial charge is 0.343 e. The molecule has 0 atom stereocenters. The van der Waals surface area contributed by atoms with Crippen LogP contribution in [0.3, 0.4) is 0 Å². The molecule has 0 radical (unpaired) electrons. The summed E-state index contributed by atoms with van der Waals surface area (Å²) in [4.78, 5) is 36.9. The molecule has 0 bridgehead atoms. The number of carbonyl (C=O) groups is 3. The fourth-order valence-electron chi connectivity index (χ4n) is 2.96. The molecule has 2 amide bonds. The average molecular weight is 530 g/mol. The van der Waals surface area contributed by atoms with Crippen LogP contribution in [0.4, 0.5) is 5.69 Å². The molecule has 186 valence electrons. The number of methoxy groups -OCH3 is 2. The topological polar surface area (TPSA) is 115 Å². The van der Waals surface area contributed by atoms with E-state index in [9.17, 15) is 14.4 Å². The SMILES string of the molecule is COc1ccc(Cl)cc1NC(=O)C(=O)N/N=C(\C)c1ccc(OC(=O)c2cccc(Cl)c2)c(OC)c1. The van der Waals surface area contributed by atoms with E-state index in [4.69, 9.17) is 37.4 Å². The van der Waals surface area contributed by atoms with Crippen molar-refractivity contribution in [1.82, 2.24) is 5.43 Å². The van der Waals surface area contributed by atoms with Gasteiger partial charge in [-0.25, -0.2) is 10.2 Å². The van der Waals surface area contributed by atoms with Crippen LogP contribution in [0.2, 0.25) is 10.0 Å². The molecule has 0 unspecified atom stereocenters. The summed E-state index contributed by atoms with van der Waals surface area (Å²) in [5, 5.41) is 7.14. The van der Waals surface area contributed by atoms with E-state index < -0.39 is 17.8 Å². The van der Waals surface area contributed by atoms with Crippen LogP contribution in [0.15, 0.2) is 65.8 Å². The van der Waals surface area contributed by atoms with Crippen molar-refractivity contribution in [1.29, 1.82) is 0 Å². The fourth-order valence-corrected chi connectivity index (χ4v) is 3.32. The van der Waals surface area contributed by atoms with Gasteiger partial charge in [-0.3, -0.25) is 9.59 Å². The Morgan fingerprint density at radius 1 is 0.778 bits per heavy atom. The number of hydrazone groups is 1. The lowest BCUT2D eigenvalue weighted by molar-refractivity contribution is -0.136. The number of amides is 2. The van der Waals surface area contributed by atoms with Gasteiger partial charge < -0.3 is 19.5 Å². The van der Waals surface area contributed by atoms with Gasteiger partial charge in [0.05, 0.1) is 31.2 Å². The third-order valence-electron chi connectivity index (χ3n) is 4.79. The molecule has 9 nitrogen and oxygen atoms in total. The number of benzene rings is 3. The zero-order chi connectivity index (χ0) is 26.2. The molecule has 0 aromatic heterocycles. The zero-order valence-electron chi connectivity index (χ0n) is 19.4. The standard InChI is InChI=1S/C25H21Cl2N3O6/c1-14(29-30-24(32)23(31)28-19-13-18(27)8-10-20(19)34-2)15-7-9-21(22(12-15)35-3)36-25(33)16-5-4-6-17(26)11-16/h4-13H,1-3H3,(H,28,31)(H,30,32)/b29-14+. The maximum absolute atomic E-state index is 12.4. The van der Waals surface area contributed by atoms with Crippen LogP contribution in [-0.4, -0.2) is 37.7 Å². The summed E-state index contributed by atoms with van der Waals surface area (Å²) < 4.78 is 15.9. The first-order valence-corrected chi connectivity index (χ1v) is 11.1. The highest BCUT2D eigenvalue weighted by Crippen LogP contribution is 2.30. The van der Waals surface area contributed by atoms with Gasteiger partial charge in [-0.1, -0.05) is 29.3 Å². The number of rotatable bonds is 7. The van der Waals surface area contributed by atoms with Crippen LogP contribution in [0.1, 0.15) is 22.8 Å². The van der Waals surface area contributed by atoms with Crippen molar-refractivity contribution >= 4 is 52.4 Å². The third-order valence-corrected chi connectivity index (χ3v) is 5.26. The summed E-state index contributed by atoms with van der Waals surface area (Å²) in [6.07, 6.45) is 0. The van der Waals surface area contributed by atoms with Gasteiger partial charge in [0.2, 0.25) is 0 Å². The second kappa shape index (κ2) is 12.1. The molecule has 0 aliphatic carbocycles. The van der Waals surface area contributed by atoms with E-state index in [0.29, 0.717) is 27.1 Å². The minimum Gasteiger partial charge on any atom is -0.495 e. The van der Waals surface area contributed by atoms with Crippen LogP contribution < -0.4 is 25.0 Å². The minimum absolute atomic E-state index is 0.179. The number of halogens is 2. The lowest BCUT2D eigenvalue weighted by Crippen LogP contribution is -2.33. The second-order valence-electron chi connectivity index (χ2n) is 7.20. The summed E-state index contributed by atoms with van der Waals surface area (Å²) in [7, 11) is 2.84. The Morgan fingerprint density at radius 2 is 1.47 bits per heavy atom. The molecule has 0 aliphatic heterocycles. The van der Waals surface area contributed by atoms with E-state index in [2.05, 4.69) is 15.8 Å². The van der Waals surface area contributed by atoms with Crippen molar-refractivity contribution in [2.45, 2.75) is 6.92 Å². The molecule has 2 N–H and O–H groups in total. The largest absolute Gasteiger partial charge is 0.495 e. The number of ether oxygens (including phenoxy) is 3. The maximum Gasteiger partial charge on any atom is 0.343 e.